The molecule has 0 spiro atoms. The van der Waals surface area contributed by atoms with Crippen molar-refractivity contribution in [3.05, 3.63) is 47.3 Å². The SMILES string of the molecule is CC(C)c1ccc(/C=C/C(=O)NCCc2nnnn2C(C)C)cc1. The third-order valence-electron chi connectivity index (χ3n) is 3.73. The van der Waals surface area contributed by atoms with Crippen LogP contribution in [0, 0.1) is 0 Å². The van der Waals surface area contributed by atoms with Gasteiger partial charge in [0.15, 0.2) is 5.82 Å². The molecule has 0 unspecified atom stereocenters. The summed E-state index contributed by atoms with van der Waals surface area (Å²) in [5.74, 6) is 1.17. The van der Waals surface area contributed by atoms with E-state index in [9.17, 15) is 4.79 Å². The maximum Gasteiger partial charge on any atom is 0.244 e. The smallest absolute Gasteiger partial charge is 0.244 e. The van der Waals surface area contributed by atoms with Crippen LogP contribution < -0.4 is 5.32 Å². The zero-order chi connectivity index (χ0) is 17.5. The quantitative estimate of drug-likeness (QED) is 0.794. The number of nitrogens with one attached hydrogen (secondary N) is 1. The Bertz CT molecular complexity index is 686. The minimum atomic E-state index is -0.119. The molecule has 0 saturated heterocycles. The van der Waals surface area contributed by atoms with E-state index in [2.05, 4.69) is 46.8 Å². The van der Waals surface area contributed by atoms with Crippen molar-refractivity contribution in [2.75, 3.05) is 6.54 Å². The summed E-state index contributed by atoms with van der Waals surface area (Å²) < 4.78 is 1.76. The molecule has 0 bridgehead atoms. The van der Waals surface area contributed by atoms with Gasteiger partial charge in [-0.3, -0.25) is 4.79 Å². The maximum atomic E-state index is 11.9. The van der Waals surface area contributed by atoms with Crippen molar-refractivity contribution in [2.45, 2.75) is 46.1 Å². The van der Waals surface area contributed by atoms with Crippen molar-refractivity contribution >= 4 is 12.0 Å². The van der Waals surface area contributed by atoms with Crippen molar-refractivity contribution in [1.82, 2.24) is 25.5 Å². The number of hydrogen-bond acceptors (Lipinski definition) is 4. The molecule has 6 nitrogen and oxygen atoms in total. The molecular weight excluding hydrogens is 302 g/mol. The Kier molecular flexibility index (Phi) is 6.23. The van der Waals surface area contributed by atoms with E-state index in [4.69, 9.17) is 0 Å². The van der Waals surface area contributed by atoms with Crippen LogP contribution in [0.15, 0.2) is 30.3 Å². The first-order valence-corrected chi connectivity index (χ1v) is 8.30. The number of aromatic nitrogens is 4. The summed E-state index contributed by atoms with van der Waals surface area (Å²) in [4.78, 5) is 11.9. The Morgan fingerprint density at radius 3 is 2.54 bits per heavy atom. The van der Waals surface area contributed by atoms with Gasteiger partial charge in [0.25, 0.3) is 0 Å². The van der Waals surface area contributed by atoms with Crippen LogP contribution in [0.25, 0.3) is 6.08 Å². The van der Waals surface area contributed by atoms with Crippen molar-refractivity contribution in [1.29, 1.82) is 0 Å². The zero-order valence-corrected chi connectivity index (χ0v) is 14.7. The fourth-order valence-electron chi connectivity index (χ4n) is 2.30. The van der Waals surface area contributed by atoms with Crippen molar-refractivity contribution < 1.29 is 4.79 Å². The summed E-state index contributed by atoms with van der Waals surface area (Å²) in [6.07, 6.45) is 3.97. The Morgan fingerprint density at radius 1 is 1.21 bits per heavy atom. The molecule has 1 aromatic heterocycles. The Labute approximate surface area is 143 Å². The molecule has 0 radical (unpaired) electrons. The minimum absolute atomic E-state index is 0.119. The van der Waals surface area contributed by atoms with E-state index in [0.717, 1.165) is 11.4 Å². The number of carbonyl (C=O) groups is 1. The lowest BCUT2D eigenvalue weighted by Crippen LogP contribution is -2.25. The summed E-state index contributed by atoms with van der Waals surface area (Å²) in [6, 6.07) is 8.44. The van der Waals surface area contributed by atoms with Gasteiger partial charge >= 0.3 is 0 Å². The molecule has 0 aliphatic carbocycles. The first-order valence-electron chi connectivity index (χ1n) is 8.30. The molecule has 0 fully saturated rings. The Hall–Kier alpha value is -2.50. The van der Waals surface area contributed by atoms with Gasteiger partial charge in [-0.1, -0.05) is 38.1 Å². The summed E-state index contributed by atoms with van der Waals surface area (Å²) in [5.41, 5.74) is 2.30. The van der Waals surface area contributed by atoms with Gasteiger partial charge < -0.3 is 5.32 Å². The van der Waals surface area contributed by atoms with E-state index >= 15 is 0 Å². The van der Waals surface area contributed by atoms with Gasteiger partial charge in [0.05, 0.1) is 6.04 Å². The largest absolute Gasteiger partial charge is 0.352 e. The molecule has 128 valence electrons. The van der Waals surface area contributed by atoms with Gasteiger partial charge in [0.2, 0.25) is 5.91 Å². The Morgan fingerprint density at radius 2 is 1.92 bits per heavy atom. The molecule has 0 saturated carbocycles. The van der Waals surface area contributed by atoms with Crippen molar-refractivity contribution in [3.63, 3.8) is 0 Å². The molecule has 0 aliphatic rings. The standard InChI is InChI=1S/C18H25N5O/c1-13(2)16-8-5-15(6-9-16)7-10-18(24)19-12-11-17-20-21-22-23(17)14(3)4/h5-10,13-14H,11-12H2,1-4H3,(H,19,24)/b10-7+. The van der Waals surface area contributed by atoms with Crippen molar-refractivity contribution in [2.24, 2.45) is 0 Å². The third-order valence-corrected chi connectivity index (χ3v) is 3.73. The second-order valence-electron chi connectivity index (χ2n) is 6.33. The number of rotatable bonds is 7. The molecule has 2 rings (SSSR count). The molecule has 6 heteroatoms. The van der Waals surface area contributed by atoms with Crippen LogP contribution in [0.4, 0.5) is 0 Å². The van der Waals surface area contributed by atoms with E-state index in [0.29, 0.717) is 18.9 Å². The van der Waals surface area contributed by atoms with E-state index in [1.54, 1.807) is 10.8 Å². The van der Waals surface area contributed by atoms with Crippen LogP contribution in [0.2, 0.25) is 0 Å². The zero-order valence-electron chi connectivity index (χ0n) is 14.7. The third kappa shape index (κ3) is 5.01. The lowest BCUT2D eigenvalue weighted by atomic mass is 10.0. The molecule has 2 aromatic rings. The first kappa shape index (κ1) is 17.8. The molecule has 1 amide bonds. The highest BCUT2D eigenvalue weighted by Crippen LogP contribution is 2.15. The Balaban J connectivity index is 1.81. The molecule has 1 heterocycles. The monoisotopic (exact) mass is 327 g/mol. The van der Waals surface area contributed by atoms with E-state index in [-0.39, 0.29) is 11.9 Å². The predicted octanol–water partition coefficient (Wildman–Crippen LogP) is 2.75. The average Bonchev–Trinajstić information content (AvgIpc) is 3.02. The second kappa shape index (κ2) is 8.38. The van der Waals surface area contributed by atoms with E-state index in [1.807, 2.05) is 32.1 Å². The summed E-state index contributed by atoms with van der Waals surface area (Å²) in [6.45, 7) is 8.86. The highest BCUT2D eigenvalue weighted by atomic mass is 16.1. The maximum absolute atomic E-state index is 11.9. The van der Waals surface area contributed by atoms with Crippen LogP contribution in [0.3, 0.4) is 0 Å². The molecule has 1 N–H and O–H groups in total. The molecular formula is C18H25N5O. The fourth-order valence-corrected chi connectivity index (χ4v) is 2.30. The number of hydrogen-bond donors (Lipinski definition) is 1. The number of nitrogens with zero attached hydrogens (tertiary/aromatic N) is 4. The van der Waals surface area contributed by atoms with Crippen molar-refractivity contribution in [3.8, 4) is 0 Å². The fraction of sp³-hybridized carbons (Fsp3) is 0.444. The van der Waals surface area contributed by atoms with Crippen LogP contribution in [-0.2, 0) is 11.2 Å². The number of carbonyl (C=O) groups excluding carboxylic acids is 1. The summed E-state index contributed by atoms with van der Waals surface area (Å²) in [5, 5.41) is 14.4. The second-order valence-corrected chi connectivity index (χ2v) is 6.33. The highest BCUT2D eigenvalue weighted by molar-refractivity contribution is 5.91. The van der Waals surface area contributed by atoms with E-state index < -0.39 is 0 Å². The van der Waals surface area contributed by atoms with E-state index in [1.165, 1.54) is 5.56 Å². The van der Waals surface area contributed by atoms with Gasteiger partial charge in [0.1, 0.15) is 0 Å². The van der Waals surface area contributed by atoms with Crippen LogP contribution in [-0.4, -0.2) is 32.7 Å². The summed E-state index contributed by atoms with van der Waals surface area (Å²) >= 11 is 0. The molecule has 0 aliphatic heterocycles. The number of tetrazole rings is 1. The van der Waals surface area contributed by atoms with Gasteiger partial charge in [-0.15, -0.1) is 5.10 Å². The van der Waals surface area contributed by atoms with Gasteiger partial charge in [0, 0.05) is 19.0 Å². The molecule has 0 atom stereocenters. The minimum Gasteiger partial charge on any atom is -0.352 e. The number of amides is 1. The topological polar surface area (TPSA) is 72.7 Å². The van der Waals surface area contributed by atoms with Gasteiger partial charge in [-0.05, 0) is 47.4 Å². The van der Waals surface area contributed by atoms with Crippen LogP contribution >= 0.6 is 0 Å². The molecule has 24 heavy (non-hydrogen) atoms. The van der Waals surface area contributed by atoms with Crippen LogP contribution in [0.1, 0.15) is 56.6 Å². The average molecular weight is 327 g/mol. The lowest BCUT2D eigenvalue weighted by Gasteiger charge is -2.07. The summed E-state index contributed by atoms with van der Waals surface area (Å²) in [7, 11) is 0. The van der Waals surface area contributed by atoms with Gasteiger partial charge in [-0.2, -0.15) is 0 Å². The van der Waals surface area contributed by atoms with Crippen LogP contribution in [0.5, 0.6) is 0 Å². The highest BCUT2D eigenvalue weighted by Gasteiger charge is 2.08. The normalized spacial score (nSPS) is 11.6. The lowest BCUT2D eigenvalue weighted by molar-refractivity contribution is -0.116. The first-order chi connectivity index (χ1) is 11.5. The molecule has 1 aromatic carbocycles. The number of benzene rings is 1. The predicted molar refractivity (Wildman–Crippen MR) is 94.5 cm³/mol. The van der Waals surface area contributed by atoms with Gasteiger partial charge in [-0.25, -0.2) is 4.68 Å².